The van der Waals surface area contributed by atoms with Crippen LogP contribution in [0.1, 0.15) is 88.7 Å². The highest BCUT2D eigenvalue weighted by atomic mass is 32.2. The predicted octanol–water partition coefficient (Wildman–Crippen LogP) is 3.83. The third-order valence-corrected chi connectivity index (χ3v) is 10.6. The Kier molecular flexibility index (Phi) is 13.5. The molecule has 49 heavy (non-hydrogen) atoms. The molecule has 13 nitrogen and oxygen atoms in total. The zero-order chi connectivity index (χ0) is 36.8. The fraction of sp³-hybridized carbons (Fsp3) is 0.629. The van der Waals surface area contributed by atoms with Gasteiger partial charge in [-0.1, -0.05) is 64.7 Å². The van der Waals surface area contributed by atoms with Gasteiger partial charge in [-0.2, -0.15) is 8.42 Å². The van der Waals surface area contributed by atoms with Crippen LogP contribution in [0.25, 0.3) is 5.76 Å². The summed E-state index contributed by atoms with van der Waals surface area (Å²) in [4.78, 5) is 42.0. The number of fused-ring (bicyclic) bond motifs is 3. The maximum Gasteiger partial charge on any atom is 0.264 e. The minimum atomic E-state index is -3.73. The lowest BCUT2D eigenvalue weighted by Crippen LogP contribution is -2.65. The van der Waals surface area contributed by atoms with E-state index in [4.69, 9.17) is 10.3 Å². The van der Waals surface area contributed by atoms with Crippen LogP contribution in [-0.4, -0.2) is 101 Å². The number of carbonyl (C=O) groups excluding carboxylic acids is 3. The molecule has 274 valence electrons. The van der Waals surface area contributed by atoms with E-state index in [1.807, 2.05) is 19.0 Å². The number of unbranched alkanes of at least 4 members (excludes halogenated alkanes) is 9. The number of rotatable bonds is 14. The van der Waals surface area contributed by atoms with Crippen LogP contribution in [0.2, 0.25) is 0 Å². The van der Waals surface area contributed by atoms with Crippen LogP contribution < -0.4 is 10.6 Å². The first-order valence-corrected chi connectivity index (χ1v) is 18.6. The number of primary amides is 1. The highest BCUT2D eigenvalue weighted by Gasteiger charge is 2.64. The lowest BCUT2D eigenvalue weighted by atomic mass is 9.57. The first-order chi connectivity index (χ1) is 22.9. The van der Waals surface area contributed by atoms with Gasteiger partial charge in [0.25, 0.3) is 16.0 Å². The number of anilines is 1. The van der Waals surface area contributed by atoms with E-state index >= 15 is 0 Å². The van der Waals surface area contributed by atoms with E-state index in [-0.39, 0.29) is 35.5 Å². The molecule has 3 aliphatic rings. The zero-order valence-corrected chi connectivity index (χ0v) is 30.1. The molecule has 1 saturated carbocycles. The number of amides is 1. The van der Waals surface area contributed by atoms with Gasteiger partial charge in [0.2, 0.25) is 5.78 Å². The number of aliphatic hydroxyl groups excluding tert-OH is 2. The molecule has 0 heterocycles. The second kappa shape index (κ2) is 16.5. The molecule has 1 amide bonds. The minimum Gasteiger partial charge on any atom is -0.508 e. The SMILES string of the molecule is CCCCCCCCCCCCS(=O)(=O)O.CN(C)c1ccc(O)c2c1C[C@H]1C[C@H]3[C@H](N(C)C)C(=O)C(C(N)=O)=C(O)[C@@]3(O)C(=O)C1=C2O. The highest BCUT2D eigenvalue weighted by molar-refractivity contribution is 7.85. The van der Waals surface area contributed by atoms with E-state index in [0.29, 0.717) is 12.0 Å². The molecule has 7 N–H and O–H groups in total. The van der Waals surface area contributed by atoms with Crippen molar-refractivity contribution in [3.05, 3.63) is 40.2 Å². The molecule has 0 radical (unpaired) electrons. The standard InChI is InChI=1S/C23H27N3O7.C12H26O3S/c1-25(2)12-5-6-13(27)15-10(12)7-9-8-11-17(26(3)4)19(29)16(22(24)32)21(31)23(11,33)20(30)14(9)18(15)28;1-2-3-4-5-6-7-8-9-10-11-12-16(13,14)15/h5-6,9,11,17,27-28,31,33H,7-8H2,1-4H3,(H2,24,32);2-12H2,1H3,(H,13,14,15)/t9-,11-,17-,23-;/m0./s1. The second-order valence-electron chi connectivity index (χ2n) is 13.8. The monoisotopic (exact) mass is 707 g/mol. The molecule has 4 rings (SSSR count). The number of phenolic OH excluding ortho intramolecular Hbond substituents is 1. The van der Waals surface area contributed by atoms with E-state index in [1.165, 1.54) is 55.9 Å². The van der Waals surface area contributed by atoms with Crippen LogP contribution in [0.3, 0.4) is 0 Å². The van der Waals surface area contributed by atoms with E-state index < -0.39 is 68.2 Å². The van der Waals surface area contributed by atoms with Crippen LogP contribution in [0.5, 0.6) is 5.75 Å². The minimum absolute atomic E-state index is 0.0638. The molecule has 14 heteroatoms. The molecule has 0 spiro atoms. The molecule has 1 fully saturated rings. The number of hydrogen-bond acceptors (Lipinski definition) is 11. The van der Waals surface area contributed by atoms with Crippen molar-refractivity contribution in [1.29, 1.82) is 0 Å². The van der Waals surface area contributed by atoms with Crippen LogP contribution >= 0.6 is 0 Å². The van der Waals surface area contributed by atoms with Crippen LogP contribution in [-0.2, 0) is 30.9 Å². The number of carbonyl (C=O) groups is 3. The van der Waals surface area contributed by atoms with Gasteiger partial charge < -0.3 is 31.1 Å². The summed E-state index contributed by atoms with van der Waals surface area (Å²) in [5.41, 5.74) is 3.15. The molecule has 1 aromatic carbocycles. The predicted molar refractivity (Wildman–Crippen MR) is 187 cm³/mol. The lowest BCUT2D eigenvalue weighted by Gasteiger charge is -2.50. The summed E-state index contributed by atoms with van der Waals surface area (Å²) < 4.78 is 29.4. The highest BCUT2D eigenvalue weighted by Crippen LogP contribution is 2.53. The third kappa shape index (κ3) is 8.65. The molecular formula is C35H53N3O10S. The number of hydrogen-bond donors (Lipinski definition) is 6. The maximum absolute atomic E-state index is 13.7. The number of phenols is 1. The van der Waals surface area contributed by atoms with Gasteiger partial charge in [0, 0.05) is 31.3 Å². The summed E-state index contributed by atoms with van der Waals surface area (Å²) >= 11 is 0. The Morgan fingerprint density at radius 3 is 1.98 bits per heavy atom. The van der Waals surface area contributed by atoms with Gasteiger partial charge in [-0.3, -0.25) is 23.8 Å². The molecule has 0 saturated heterocycles. The summed E-state index contributed by atoms with van der Waals surface area (Å²) in [6.07, 6.45) is 12.0. The molecular weight excluding hydrogens is 654 g/mol. The van der Waals surface area contributed by atoms with E-state index in [2.05, 4.69) is 6.92 Å². The summed E-state index contributed by atoms with van der Waals surface area (Å²) in [7, 11) is 3.02. The summed E-state index contributed by atoms with van der Waals surface area (Å²) in [5, 5.41) is 43.9. The second-order valence-corrected chi connectivity index (χ2v) is 15.4. The van der Waals surface area contributed by atoms with Crippen molar-refractivity contribution in [2.45, 2.75) is 95.6 Å². The number of aromatic hydroxyl groups is 1. The molecule has 0 aromatic heterocycles. The number of Topliss-reactive ketones (excluding diaryl/α,β-unsaturated/α-hetero) is 2. The Morgan fingerprint density at radius 1 is 0.939 bits per heavy atom. The smallest absolute Gasteiger partial charge is 0.264 e. The largest absolute Gasteiger partial charge is 0.508 e. The fourth-order valence-electron chi connectivity index (χ4n) is 7.42. The maximum atomic E-state index is 13.7. The Bertz CT molecular complexity index is 1580. The van der Waals surface area contributed by atoms with Crippen molar-refractivity contribution in [2.24, 2.45) is 17.6 Å². The summed E-state index contributed by atoms with van der Waals surface area (Å²) in [6, 6.07) is 2.01. The molecule has 0 aliphatic heterocycles. The van der Waals surface area contributed by atoms with E-state index in [0.717, 1.165) is 18.5 Å². The van der Waals surface area contributed by atoms with Gasteiger partial charge in [0.1, 0.15) is 22.8 Å². The van der Waals surface area contributed by atoms with Crippen molar-refractivity contribution in [3.8, 4) is 5.75 Å². The van der Waals surface area contributed by atoms with Gasteiger partial charge in [0.15, 0.2) is 11.4 Å². The topological polar surface area (TPSA) is 219 Å². The molecule has 4 atom stereocenters. The van der Waals surface area contributed by atoms with Gasteiger partial charge >= 0.3 is 0 Å². The van der Waals surface area contributed by atoms with Crippen molar-refractivity contribution < 1.29 is 47.8 Å². The molecule has 3 aliphatic carbocycles. The Hall–Kier alpha value is -3.46. The third-order valence-electron chi connectivity index (χ3n) is 9.82. The number of nitrogens with two attached hydrogens (primary N) is 1. The van der Waals surface area contributed by atoms with E-state index in [1.54, 1.807) is 20.2 Å². The Balaban J connectivity index is 0.000000345. The quantitative estimate of drug-likeness (QED) is 0.0924. The van der Waals surface area contributed by atoms with Crippen LogP contribution in [0.15, 0.2) is 29.0 Å². The number of likely N-dealkylation sites (N-methyl/N-ethyl adjacent to an activating group) is 1. The zero-order valence-electron chi connectivity index (χ0n) is 29.2. The number of nitrogens with zero attached hydrogens (tertiary/aromatic N) is 2. The molecule has 0 bridgehead atoms. The Morgan fingerprint density at radius 2 is 1.49 bits per heavy atom. The van der Waals surface area contributed by atoms with Gasteiger partial charge in [-0.25, -0.2) is 0 Å². The van der Waals surface area contributed by atoms with Crippen molar-refractivity contribution in [2.75, 3.05) is 38.8 Å². The van der Waals surface area contributed by atoms with Crippen molar-refractivity contribution >= 4 is 39.0 Å². The molecule has 1 aromatic rings. The normalized spacial score (nSPS) is 23.5. The average Bonchev–Trinajstić information content (AvgIpc) is 2.99. The van der Waals surface area contributed by atoms with E-state index in [9.17, 15) is 43.2 Å². The Labute approximate surface area is 289 Å². The number of benzene rings is 1. The summed E-state index contributed by atoms with van der Waals surface area (Å²) in [6.45, 7) is 2.22. The average molecular weight is 708 g/mol. The fourth-order valence-corrected chi connectivity index (χ4v) is 7.99. The van der Waals surface area contributed by atoms with Crippen molar-refractivity contribution in [3.63, 3.8) is 0 Å². The van der Waals surface area contributed by atoms with Gasteiger partial charge in [-0.15, -0.1) is 0 Å². The van der Waals surface area contributed by atoms with Crippen molar-refractivity contribution in [1.82, 2.24) is 4.90 Å². The van der Waals surface area contributed by atoms with Crippen LogP contribution in [0, 0.1) is 11.8 Å². The van der Waals surface area contributed by atoms with Gasteiger partial charge in [0.05, 0.1) is 17.4 Å². The van der Waals surface area contributed by atoms with Crippen LogP contribution in [0.4, 0.5) is 5.69 Å². The lowest BCUT2D eigenvalue weighted by molar-refractivity contribution is -0.153. The van der Waals surface area contributed by atoms with Gasteiger partial charge in [-0.05, 0) is 57.0 Å². The number of ketones is 2. The number of aliphatic hydroxyl groups is 3. The molecule has 0 unspecified atom stereocenters. The first kappa shape index (κ1) is 40.0. The first-order valence-electron chi connectivity index (χ1n) is 17.0. The summed E-state index contributed by atoms with van der Waals surface area (Å²) in [5.74, 6) is -6.62.